The van der Waals surface area contributed by atoms with Crippen molar-refractivity contribution in [3.63, 3.8) is 0 Å². The summed E-state index contributed by atoms with van der Waals surface area (Å²) in [4.78, 5) is 26.6. The average molecular weight is 945 g/mol. The zero-order chi connectivity index (χ0) is 46.8. The number of aromatic hydroxyl groups is 2. The highest BCUT2D eigenvalue weighted by molar-refractivity contribution is 8.76. The van der Waals surface area contributed by atoms with Crippen LogP contribution in [0.2, 0.25) is 0 Å². The Hall–Kier alpha value is -3.86. The molecule has 0 unspecified atom stereocenters. The topological polar surface area (TPSA) is 198 Å². The van der Waals surface area contributed by atoms with Gasteiger partial charge >= 0.3 is 0 Å². The molecule has 14 heteroatoms. The predicted molar refractivity (Wildman–Crippen MR) is 263 cm³/mol. The number of aryl methyl sites for hydroxylation is 2. The fourth-order valence-electron chi connectivity index (χ4n) is 10.3. The Balaban J connectivity index is 1.32. The summed E-state index contributed by atoms with van der Waals surface area (Å²) >= 11 is 0. The van der Waals surface area contributed by atoms with E-state index in [2.05, 4.69) is 10.6 Å². The lowest BCUT2D eigenvalue weighted by atomic mass is 9.82. The highest BCUT2D eigenvalue weighted by Crippen LogP contribution is 2.53. The summed E-state index contributed by atoms with van der Waals surface area (Å²) < 4.78 is 13.2. The van der Waals surface area contributed by atoms with E-state index in [0.717, 1.165) is 70.7 Å². The van der Waals surface area contributed by atoms with E-state index in [4.69, 9.17) is 9.47 Å². The van der Waals surface area contributed by atoms with E-state index in [9.17, 15) is 40.2 Å². The molecule has 0 amide bonds. The van der Waals surface area contributed by atoms with Gasteiger partial charge in [-0.25, -0.2) is 0 Å². The van der Waals surface area contributed by atoms with E-state index in [1.165, 1.54) is 14.0 Å². The second kappa shape index (κ2) is 23.4. The summed E-state index contributed by atoms with van der Waals surface area (Å²) in [6.45, 7) is 1.72. The molecule has 358 valence electrons. The zero-order valence-corrected chi connectivity index (χ0v) is 40.0. The molecule has 7 rings (SSSR count). The standard InChI is InChI=1S/C52H68N2O10S2/c1-32(57)29-54-44-26-35(8-6-23-55)43(25-37(44)30-56)51(53-22-7-21-52(62)19-4-3-5-20-52)64-46-28-39(59)15-10-34-12-17-45(61)50(63-2)48(34)41-16-11-33-9-14-38(58)27-42(33)49(41)47-18-13-36(46)24-40(60)31-65-66-47/h9,11-12,14,16-17,25-27,36,40,46-47,51,53-56,58,60-62H,3-8,10,13,15,18-24,28-31H2,1-2H3/t36-,40+,46+,47+,51+/m1/s1. The van der Waals surface area contributed by atoms with Crippen LogP contribution in [-0.4, -0.2) is 92.6 Å². The number of hydrogen-bond acceptors (Lipinski definition) is 14. The van der Waals surface area contributed by atoms with Gasteiger partial charge in [-0.05, 0) is 153 Å². The number of methoxy groups -OCH3 is 1. The van der Waals surface area contributed by atoms with Gasteiger partial charge < -0.3 is 45.4 Å². The van der Waals surface area contributed by atoms with E-state index in [1.807, 2.05) is 36.4 Å². The number of rotatable bonds is 16. The molecule has 12 nitrogen and oxygen atoms in total. The minimum absolute atomic E-state index is 0.0150. The summed E-state index contributed by atoms with van der Waals surface area (Å²) in [6, 6.07) is 16.7. The molecule has 1 heterocycles. The molecule has 1 saturated heterocycles. The molecule has 5 atom stereocenters. The predicted octanol–water partition coefficient (Wildman–Crippen LogP) is 8.98. The van der Waals surface area contributed by atoms with Crippen molar-refractivity contribution in [1.82, 2.24) is 5.32 Å². The smallest absolute Gasteiger partial charge is 0.168 e. The third kappa shape index (κ3) is 12.4. The fourth-order valence-corrected chi connectivity index (χ4v) is 13.2. The van der Waals surface area contributed by atoms with Crippen LogP contribution in [0.25, 0.3) is 21.9 Å². The molecule has 4 aromatic rings. The largest absolute Gasteiger partial charge is 0.508 e. The minimum atomic E-state index is -0.773. The maximum absolute atomic E-state index is 14.5. The Labute approximate surface area is 396 Å². The van der Waals surface area contributed by atoms with Crippen LogP contribution >= 0.6 is 21.6 Å². The number of ketones is 2. The molecule has 1 saturated carbocycles. The second-order valence-electron chi connectivity index (χ2n) is 18.6. The fraction of sp³-hybridized carbons (Fsp3) is 0.538. The first-order chi connectivity index (χ1) is 31.9. The van der Waals surface area contributed by atoms with Crippen LogP contribution in [0.4, 0.5) is 5.69 Å². The van der Waals surface area contributed by atoms with Crippen LogP contribution in [0.1, 0.15) is 130 Å². The average Bonchev–Trinajstić information content (AvgIpc) is 3.40. The molecule has 8 N–H and O–H groups in total. The lowest BCUT2D eigenvalue weighted by Crippen LogP contribution is -2.37. The van der Waals surface area contributed by atoms with Crippen molar-refractivity contribution in [1.29, 1.82) is 0 Å². The third-order valence-electron chi connectivity index (χ3n) is 13.7. The number of phenols is 2. The third-order valence-corrected chi connectivity index (χ3v) is 16.6. The Morgan fingerprint density at radius 3 is 2.53 bits per heavy atom. The van der Waals surface area contributed by atoms with Gasteiger partial charge in [-0.2, -0.15) is 0 Å². The molecule has 0 spiro atoms. The van der Waals surface area contributed by atoms with Crippen LogP contribution in [0, 0.1) is 5.92 Å². The first kappa shape index (κ1) is 50.0. The number of aliphatic hydroxyl groups excluding tert-OH is 3. The molecule has 4 aromatic carbocycles. The first-order valence-corrected chi connectivity index (χ1v) is 26.1. The maximum atomic E-state index is 14.5. The van der Waals surface area contributed by atoms with E-state index in [0.29, 0.717) is 86.2 Å². The molecular weight excluding hydrogens is 877 g/mol. The van der Waals surface area contributed by atoms with E-state index in [1.54, 1.807) is 39.8 Å². The van der Waals surface area contributed by atoms with Crippen LogP contribution in [0.5, 0.6) is 17.2 Å². The number of benzene rings is 4. The highest BCUT2D eigenvalue weighted by atomic mass is 33.1. The Morgan fingerprint density at radius 2 is 1.77 bits per heavy atom. The van der Waals surface area contributed by atoms with Crippen molar-refractivity contribution in [2.24, 2.45) is 5.92 Å². The number of carbonyl (C=O) groups is 2. The SMILES string of the molecule is COc1c(O)ccc2c1-c1ccc3ccc(O)cc3c1[C@@H]1CC[C@H](C[C@H](O)CSS1)[C@@H](O[C@H](NCCCC1(O)CCCCC1)c1cc(CO)c(NCC(C)=O)cc1CCCO)CC(=O)CC2. The molecule has 0 radical (unpaired) electrons. The van der Waals surface area contributed by atoms with E-state index >= 15 is 0 Å². The number of hydrogen-bond donors (Lipinski definition) is 8. The van der Waals surface area contributed by atoms with Crippen molar-refractivity contribution in [3.05, 3.63) is 82.4 Å². The molecule has 1 aliphatic heterocycles. The van der Waals surface area contributed by atoms with Gasteiger partial charge in [0.25, 0.3) is 0 Å². The quantitative estimate of drug-likeness (QED) is 0.0301. The molecular formula is C52H68N2O10S2. The molecule has 3 aliphatic rings. The van der Waals surface area contributed by atoms with E-state index in [-0.39, 0.29) is 66.8 Å². The van der Waals surface area contributed by atoms with Crippen molar-refractivity contribution in [3.8, 4) is 28.4 Å². The van der Waals surface area contributed by atoms with Crippen LogP contribution in [-0.2, 0) is 33.8 Å². The molecule has 0 aromatic heterocycles. The number of anilines is 1. The summed E-state index contributed by atoms with van der Waals surface area (Å²) in [5.74, 6) is 0.532. The summed E-state index contributed by atoms with van der Waals surface area (Å²) in [6.07, 6.45) is 7.08. The number of nitrogens with one attached hydrogen (secondary N) is 2. The molecule has 2 fully saturated rings. The number of carbonyl (C=O) groups excluding carboxylic acids is 2. The van der Waals surface area contributed by atoms with Crippen LogP contribution in [0.15, 0.2) is 54.6 Å². The van der Waals surface area contributed by atoms with Crippen molar-refractivity contribution in [2.45, 2.75) is 139 Å². The monoisotopic (exact) mass is 944 g/mol. The van der Waals surface area contributed by atoms with Gasteiger partial charge in [0, 0.05) is 47.3 Å². The van der Waals surface area contributed by atoms with Crippen molar-refractivity contribution >= 4 is 49.6 Å². The molecule has 2 aliphatic carbocycles. The van der Waals surface area contributed by atoms with Gasteiger partial charge in [0.15, 0.2) is 11.5 Å². The Morgan fingerprint density at radius 1 is 0.970 bits per heavy atom. The normalized spacial score (nSPS) is 21.8. The van der Waals surface area contributed by atoms with Gasteiger partial charge in [0.1, 0.15) is 23.5 Å². The second-order valence-corrected chi connectivity index (χ2v) is 21.2. The number of Topliss-reactive ketones (excluding diaryl/α,β-unsaturated/α-hetero) is 2. The molecule has 2 bridgehead atoms. The van der Waals surface area contributed by atoms with Crippen molar-refractivity contribution < 1.29 is 49.7 Å². The lowest BCUT2D eigenvalue weighted by Gasteiger charge is -2.35. The minimum Gasteiger partial charge on any atom is -0.508 e. The van der Waals surface area contributed by atoms with Gasteiger partial charge in [-0.15, -0.1) is 0 Å². The highest BCUT2D eigenvalue weighted by Gasteiger charge is 2.36. The number of aliphatic hydroxyl groups is 4. The number of phenolic OH excluding ortho intramolecular Hbond substituents is 2. The van der Waals surface area contributed by atoms with Gasteiger partial charge in [0.2, 0.25) is 0 Å². The van der Waals surface area contributed by atoms with Gasteiger partial charge in [-0.3, -0.25) is 14.9 Å². The first-order valence-electron chi connectivity index (χ1n) is 23.7. The van der Waals surface area contributed by atoms with Gasteiger partial charge in [-0.1, -0.05) is 65.1 Å². The molecule has 66 heavy (non-hydrogen) atoms. The van der Waals surface area contributed by atoms with E-state index < -0.39 is 24.0 Å². The summed E-state index contributed by atoms with van der Waals surface area (Å²) in [5.41, 5.74) is 5.47. The Bertz CT molecular complexity index is 2300. The van der Waals surface area contributed by atoms with Crippen molar-refractivity contribution in [2.75, 3.05) is 37.9 Å². The lowest BCUT2D eigenvalue weighted by molar-refractivity contribution is -0.127. The number of fused-ring (bicyclic) bond motifs is 9. The zero-order valence-electron chi connectivity index (χ0n) is 38.4. The van der Waals surface area contributed by atoms with Crippen LogP contribution < -0.4 is 15.4 Å². The summed E-state index contributed by atoms with van der Waals surface area (Å²) in [5, 5.41) is 74.4. The van der Waals surface area contributed by atoms with Crippen LogP contribution in [0.3, 0.4) is 0 Å². The maximum Gasteiger partial charge on any atom is 0.168 e. The number of ether oxygens (including phenoxy) is 2. The Kier molecular flexibility index (Phi) is 17.8. The van der Waals surface area contributed by atoms with Gasteiger partial charge in [0.05, 0.1) is 38.1 Å². The summed E-state index contributed by atoms with van der Waals surface area (Å²) in [7, 11) is 4.81.